The average Bonchev–Trinajstić information content (AvgIpc) is 2.88. The molecule has 6 nitrogen and oxygen atoms in total. The number of hydrogen-bond acceptors (Lipinski definition) is 4. The van der Waals surface area contributed by atoms with Gasteiger partial charge in [0.15, 0.2) is 0 Å². The maximum Gasteiger partial charge on any atom is 0.225 e. The highest BCUT2D eigenvalue weighted by Gasteiger charge is 2.28. The van der Waals surface area contributed by atoms with E-state index in [1.54, 1.807) is 25.2 Å². The first-order valence-corrected chi connectivity index (χ1v) is 13.1. The van der Waals surface area contributed by atoms with Gasteiger partial charge in [-0.15, -0.1) is 0 Å². The van der Waals surface area contributed by atoms with Gasteiger partial charge >= 0.3 is 0 Å². The molecule has 0 bridgehead atoms. The summed E-state index contributed by atoms with van der Waals surface area (Å²) < 4.78 is 0. The normalized spacial score (nSPS) is 17.8. The zero-order valence-electron chi connectivity index (χ0n) is 22.3. The van der Waals surface area contributed by atoms with Gasteiger partial charge in [-0.05, 0) is 62.6 Å². The van der Waals surface area contributed by atoms with Crippen LogP contribution in [0, 0.1) is 11.8 Å². The van der Waals surface area contributed by atoms with Crippen molar-refractivity contribution in [3.05, 3.63) is 72.4 Å². The number of carbonyl (C=O) groups excluding carboxylic acids is 2. The van der Waals surface area contributed by atoms with E-state index < -0.39 is 5.54 Å². The summed E-state index contributed by atoms with van der Waals surface area (Å²) in [5.41, 5.74) is 11.4. The lowest BCUT2D eigenvalue weighted by molar-refractivity contribution is -0.134. The summed E-state index contributed by atoms with van der Waals surface area (Å²) in [6.07, 6.45) is 5.70. The zero-order chi connectivity index (χ0) is 26.6. The number of nitrogens with two attached hydrogens (primary N) is 1. The van der Waals surface area contributed by atoms with Crippen LogP contribution < -0.4 is 11.1 Å². The van der Waals surface area contributed by atoms with Crippen molar-refractivity contribution >= 4 is 17.5 Å². The standard InChI is InChI=1S/C31H38N4O2/c1-31(2,32)25-16-14-23(15-17-25)29-27(22-8-6-5-7-9-22)19-26(20-33-29)34-28(36)18-21-10-12-24(13-11-21)30(37)35(3)4/h5-9,14-17,19-21,24H,10-13,18,32H2,1-4H3,(H,34,36). The molecule has 0 aliphatic heterocycles. The third-order valence-corrected chi connectivity index (χ3v) is 7.27. The molecule has 0 spiro atoms. The van der Waals surface area contributed by atoms with Gasteiger partial charge in [-0.1, -0.05) is 54.6 Å². The second-order valence-electron chi connectivity index (χ2n) is 11.0. The van der Waals surface area contributed by atoms with E-state index in [-0.39, 0.29) is 17.7 Å². The molecule has 3 aromatic rings. The van der Waals surface area contributed by atoms with Crippen molar-refractivity contribution in [1.82, 2.24) is 9.88 Å². The first-order chi connectivity index (χ1) is 17.6. The third-order valence-electron chi connectivity index (χ3n) is 7.27. The van der Waals surface area contributed by atoms with Crippen molar-refractivity contribution in [2.45, 2.75) is 51.5 Å². The first kappa shape index (κ1) is 26.6. The predicted molar refractivity (Wildman–Crippen MR) is 150 cm³/mol. The summed E-state index contributed by atoms with van der Waals surface area (Å²) >= 11 is 0. The molecular formula is C31H38N4O2. The van der Waals surface area contributed by atoms with E-state index in [2.05, 4.69) is 17.4 Å². The van der Waals surface area contributed by atoms with E-state index in [1.807, 2.05) is 62.4 Å². The number of carbonyl (C=O) groups is 2. The molecule has 1 aliphatic carbocycles. The van der Waals surface area contributed by atoms with Crippen LogP contribution in [0.2, 0.25) is 0 Å². The fraction of sp³-hybridized carbons (Fsp3) is 0.387. The van der Waals surface area contributed by atoms with Crippen LogP contribution in [0.5, 0.6) is 0 Å². The Balaban J connectivity index is 1.49. The minimum atomic E-state index is -0.413. The molecule has 4 rings (SSSR count). The zero-order valence-corrected chi connectivity index (χ0v) is 22.3. The van der Waals surface area contributed by atoms with Crippen LogP contribution >= 0.6 is 0 Å². The summed E-state index contributed by atoms with van der Waals surface area (Å²) in [4.78, 5) is 31.6. The van der Waals surface area contributed by atoms with E-state index in [4.69, 9.17) is 10.7 Å². The van der Waals surface area contributed by atoms with Gasteiger partial charge in [0, 0.05) is 43.1 Å². The molecular weight excluding hydrogens is 460 g/mol. The van der Waals surface area contributed by atoms with E-state index in [9.17, 15) is 9.59 Å². The largest absolute Gasteiger partial charge is 0.349 e. The Hall–Kier alpha value is -3.51. The summed E-state index contributed by atoms with van der Waals surface area (Å²) in [5, 5.41) is 3.07. The molecule has 194 valence electrons. The molecule has 6 heteroatoms. The summed E-state index contributed by atoms with van der Waals surface area (Å²) in [7, 11) is 3.61. The maximum atomic E-state index is 12.9. The van der Waals surface area contributed by atoms with Crippen LogP contribution in [-0.4, -0.2) is 35.8 Å². The molecule has 0 atom stereocenters. The van der Waals surface area contributed by atoms with Crippen molar-refractivity contribution in [1.29, 1.82) is 0 Å². The quantitative estimate of drug-likeness (QED) is 0.429. The van der Waals surface area contributed by atoms with Gasteiger partial charge in [-0.25, -0.2) is 0 Å². The smallest absolute Gasteiger partial charge is 0.225 e. The number of amides is 2. The molecule has 37 heavy (non-hydrogen) atoms. The fourth-order valence-corrected chi connectivity index (χ4v) is 5.11. The van der Waals surface area contributed by atoms with E-state index in [1.165, 1.54) is 0 Å². The van der Waals surface area contributed by atoms with Gasteiger partial charge in [-0.3, -0.25) is 14.6 Å². The van der Waals surface area contributed by atoms with Crippen LogP contribution in [-0.2, 0) is 15.1 Å². The van der Waals surface area contributed by atoms with Gasteiger partial charge in [0.1, 0.15) is 0 Å². The Labute approximate surface area is 220 Å². The van der Waals surface area contributed by atoms with Crippen molar-refractivity contribution < 1.29 is 9.59 Å². The Kier molecular flexibility index (Phi) is 8.08. The van der Waals surface area contributed by atoms with E-state index >= 15 is 0 Å². The van der Waals surface area contributed by atoms with Crippen LogP contribution in [0.25, 0.3) is 22.4 Å². The molecule has 1 heterocycles. The van der Waals surface area contributed by atoms with Crippen molar-refractivity contribution in [2.24, 2.45) is 17.6 Å². The van der Waals surface area contributed by atoms with E-state index in [0.717, 1.165) is 53.6 Å². The number of rotatable bonds is 7. The summed E-state index contributed by atoms with van der Waals surface area (Å²) in [6, 6.07) is 20.3. The van der Waals surface area contributed by atoms with Crippen LogP contribution in [0.3, 0.4) is 0 Å². The summed E-state index contributed by atoms with van der Waals surface area (Å²) in [5.74, 6) is 0.580. The number of nitrogens with zero attached hydrogens (tertiary/aromatic N) is 2. The molecule has 1 fully saturated rings. The fourth-order valence-electron chi connectivity index (χ4n) is 5.11. The van der Waals surface area contributed by atoms with Crippen LogP contribution in [0.4, 0.5) is 5.69 Å². The molecule has 0 saturated heterocycles. The number of aromatic nitrogens is 1. The highest BCUT2D eigenvalue weighted by Crippen LogP contribution is 2.34. The topological polar surface area (TPSA) is 88.3 Å². The van der Waals surface area contributed by atoms with Crippen molar-refractivity contribution in [3.63, 3.8) is 0 Å². The third kappa shape index (κ3) is 6.63. The molecule has 2 aromatic carbocycles. The van der Waals surface area contributed by atoms with Crippen molar-refractivity contribution in [2.75, 3.05) is 19.4 Å². The Morgan fingerprint density at radius 2 is 1.62 bits per heavy atom. The van der Waals surface area contributed by atoms with Gasteiger partial charge in [0.2, 0.25) is 11.8 Å². The number of pyridine rings is 1. The first-order valence-electron chi connectivity index (χ1n) is 13.1. The molecule has 1 aliphatic rings. The Bertz CT molecular complexity index is 1220. The Morgan fingerprint density at radius 3 is 2.22 bits per heavy atom. The maximum absolute atomic E-state index is 12.9. The monoisotopic (exact) mass is 498 g/mol. The highest BCUT2D eigenvalue weighted by atomic mass is 16.2. The SMILES string of the molecule is CN(C)C(=O)C1CCC(CC(=O)Nc2cnc(-c3ccc(C(C)(C)N)cc3)c(-c3ccccc3)c2)CC1. The molecule has 1 saturated carbocycles. The highest BCUT2D eigenvalue weighted by molar-refractivity contribution is 5.93. The number of anilines is 1. The van der Waals surface area contributed by atoms with Crippen molar-refractivity contribution in [3.8, 4) is 22.4 Å². The number of benzene rings is 2. The number of hydrogen-bond donors (Lipinski definition) is 2. The molecule has 1 aromatic heterocycles. The van der Waals surface area contributed by atoms with Gasteiger partial charge in [0.05, 0.1) is 17.6 Å². The van der Waals surface area contributed by atoms with Crippen LogP contribution in [0.1, 0.15) is 51.5 Å². The lowest BCUT2D eigenvalue weighted by atomic mass is 9.80. The Morgan fingerprint density at radius 1 is 0.973 bits per heavy atom. The van der Waals surface area contributed by atoms with Gasteiger partial charge in [-0.2, -0.15) is 0 Å². The predicted octanol–water partition coefficient (Wildman–Crippen LogP) is 5.83. The minimum absolute atomic E-state index is 0.00882. The minimum Gasteiger partial charge on any atom is -0.349 e. The second-order valence-corrected chi connectivity index (χ2v) is 11.0. The van der Waals surface area contributed by atoms with Gasteiger partial charge < -0.3 is 16.0 Å². The molecule has 3 N–H and O–H groups in total. The molecule has 0 unspecified atom stereocenters. The van der Waals surface area contributed by atoms with Gasteiger partial charge in [0.25, 0.3) is 0 Å². The number of nitrogens with one attached hydrogen (secondary N) is 1. The lowest BCUT2D eigenvalue weighted by Gasteiger charge is -2.29. The molecule has 2 amide bonds. The second kappa shape index (κ2) is 11.3. The molecule has 0 radical (unpaired) electrons. The van der Waals surface area contributed by atoms with Crippen LogP contribution in [0.15, 0.2) is 66.9 Å². The average molecular weight is 499 g/mol. The van der Waals surface area contributed by atoms with E-state index in [0.29, 0.717) is 18.0 Å². The lowest BCUT2D eigenvalue weighted by Crippen LogP contribution is -2.32. The summed E-state index contributed by atoms with van der Waals surface area (Å²) in [6.45, 7) is 3.98.